The van der Waals surface area contributed by atoms with Crippen molar-refractivity contribution in [2.24, 2.45) is 0 Å². The Balaban J connectivity index is 1.86. The Kier molecular flexibility index (Phi) is 4.06. The molecule has 1 aromatic carbocycles. The number of alkyl halides is 3. The highest BCUT2D eigenvalue weighted by Gasteiger charge is 2.34. The van der Waals surface area contributed by atoms with Crippen LogP contribution in [0.3, 0.4) is 0 Å². The lowest BCUT2D eigenvalue weighted by molar-refractivity contribution is -0.137. The number of hydrogen-bond acceptors (Lipinski definition) is 2. The van der Waals surface area contributed by atoms with Gasteiger partial charge in [0.15, 0.2) is 0 Å². The molecule has 2 fully saturated rings. The van der Waals surface area contributed by atoms with Gasteiger partial charge in [-0.15, -0.1) is 0 Å². The summed E-state index contributed by atoms with van der Waals surface area (Å²) in [6, 6.07) is 4.71. The normalized spacial score (nSPS) is 24.0. The highest BCUT2D eigenvalue weighted by Crippen LogP contribution is 2.37. The predicted molar refractivity (Wildman–Crippen MR) is 77.9 cm³/mol. The first kappa shape index (κ1) is 15.0. The van der Waals surface area contributed by atoms with Crippen LogP contribution in [0.4, 0.5) is 18.9 Å². The van der Waals surface area contributed by atoms with Gasteiger partial charge in [-0.1, -0.05) is 11.6 Å². The summed E-state index contributed by atoms with van der Waals surface area (Å²) in [5, 5.41) is -0.233. The van der Waals surface area contributed by atoms with E-state index < -0.39 is 11.7 Å². The second-order valence-electron chi connectivity index (χ2n) is 5.79. The van der Waals surface area contributed by atoms with Gasteiger partial charge < -0.3 is 4.90 Å². The van der Waals surface area contributed by atoms with Crippen molar-refractivity contribution in [1.82, 2.24) is 4.90 Å². The largest absolute Gasteiger partial charge is 0.417 e. The van der Waals surface area contributed by atoms with Crippen molar-refractivity contribution in [3.05, 3.63) is 28.8 Å². The molecule has 0 spiro atoms. The van der Waals surface area contributed by atoms with Crippen LogP contribution in [0.5, 0.6) is 0 Å². The van der Waals surface area contributed by atoms with Gasteiger partial charge in [0, 0.05) is 31.4 Å². The Morgan fingerprint density at radius 3 is 2.62 bits per heavy atom. The van der Waals surface area contributed by atoms with Crippen LogP contribution < -0.4 is 4.90 Å². The average molecular weight is 319 g/mol. The molecule has 116 valence electrons. The van der Waals surface area contributed by atoms with E-state index >= 15 is 0 Å². The van der Waals surface area contributed by atoms with E-state index in [1.165, 1.54) is 18.6 Å². The first-order valence-electron chi connectivity index (χ1n) is 7.31. The number of nitrogens with zero attached hydrogens (tertiary/aromatic N) is 2. The minimum absolute atomic E-state index is 0.233. The van der Waals surface area contributed by atoms with E-state index in [0.717, 1.165) is 39.0 Å². The van der Waals surface area contributed by atoms with Crippen LogP contribution >= 0.6 is 11.6 Å². The maximum Gasteiger partial charge on any atom is 0.417 e. The van der Waals surface area contributed by atoms with E-state index in [1.807, 2.05) is 0 Å². The molecule has 0 N–H and O–H groups in total. The van der Waals surface area contributed by atoms with E-state index in [1.54, 1.807) is 6.07 Å². The number of halogens is 4. The molecule has 1 aromatic rings. The van der Waals surface area contributed by atoms with E-state index in [4.69, 9.17) is 11.6 Å². The Hall–Kier alpha value is -0.940. The van der Waals surface area contributed by atoms with Gasteiger partial charge in [0.25, 0.3) is 0 Å². The molecule has 0 radical (unpaired) electrons. The summed E-state index contributed by atoms with van der Waals surface area (Å²) >= 11 is 5.69. The molecule has 2 heterocycles. The van der Waals surface area contributed by atoms with Crippen molar-refractivity contribution in [1.29, 1.82) is 0 Å². The molecule has 2 nitrogen and oxygen atoms in total. The molecule has 2 aliphatic heterocycles. The fraction of sp³-hybridized carbons (Fsp3) is 0.600. The first-order valence-corrected chi connectivity index (χ1v) is 7.69. The van der Waals surface area contributed by atoms with Gasteiger partial charge in [-0.25, -0.2) is 0 Å². The van der Waals surface area contributed by atoms with Gasteiger partial charge in [0.2, 0.25) is 0 Å². The zero-order chi connectivity index (χ0) is 15.0. The third-order valence-corrected chi connectivity index (χ3v) is 4.75. The van der Waals surface area contributed by atoms with Crippen molar-refractivity contribution in [3.8, 4) is 0 Å². The summed E-state index contributed by atoms with van der Waals surface area (Å²) in [5.74, 6) is 0. The smallest absolute Gasteiger partial charge is 0.370 e. The molecule has 21 heavy (non-hydrogen) atoms. The summed E-state index contributed by atoms with van der Waals surface area (Å²) in [5.41, 5.74) is -0.116. The molecular formula is C15H18ClF3N2. The van der Waals surface area contributed by atoms with Gasteiger partial charge >= 0.3 is 6.18 Å². The molecular weight excluding hydrogens is 301 g/mol. The molecule has 0 saturated carbocycles. The molecule has 0 aromatic heterocycles. The fourth-order valence-corrected chi connectivity index (χ4v) is 3.59. The summed E-state index contributed by atoms with van der Waals surface area (Å²) in [6.45, 7) is 3.76. The number of fused-ring (bicyclic) bond motifs is 1. The van der Waals surface area contributed by atoms with Crippen molar-refractivity contribution < 1.29 is 13.2 Å². The molecule has 0 aliphatic carbocycles. The van der Waals surface area contributed by atoms with Gasteiger partial charge in [0.05, 0.1) is 10.6 Å². The molecule has 1 unspecified atom stereocenters. The fourth-order valence-electron chi connectivity index (χ4n) is 3.37. The molecule has 2 saturated heterocycles. The average Bonchev–Trinajstić information content (AvgIpc) is 2.75. The Morgan fingerprint density at radius 2 is 1.86 bits per heavy atom. The molecule has 6 heteroatoms. The molecule has 3 rings (SSSR count). The van der Waals surface area contributed by atoms with Crippen molar-refractivity contribution in [2.75, 3.05) is 31.1 Å². The van der Waals surface area contributed by atoms with Gasteiger partial charge in [-0.2, -0.15) is 13.2 Å². The van der Waals surface area contributed by atoms with Crippen molar-refractivity contribution in [2.45, 2.75) is 31.5 Å². The standard InChI is InChI=1S/C15H18ClF3N2/c16-14-5-4-11(9-13(14)15(17,18)19)21-8-2-7-20-6-1-3-12(20)10-21/h4-5,9,12H,1-3,6-8,10H2. The maximum atomic E-state index is 13.0. The summed E-state index contributed by atoms with van der Waals surface area (Å²) < 4.78 is 38.9. The maximum absolute atomic E-state index is 13.0. The van der Waals surface area contributed by atoms with Crippen LogP contribution in [-0.4, -0.2) is 37.1 Å². The summed E-state index contributed by atoms with van der Waals surface area (Å²) in [6.07, 6.45) is -1.10. The summed E-state index contributed by atoms with van der Waals surface area (Å²) in [7, 11) is 0. The zero-order valence-electron chi connectivity index (χ0n) is 11.7. The van der Waals surface area contributed by atoms with E-state index in [0.29, 0.717) is 11.7 Å². The van der Waals surface area contributed by atoms with Crippen LogP contribution in [0.15, 0.2) is 18.2 Å². The molecule has 1 atom stereocenters. The number of hydrogen-bond donors (Lipinski definition) is 0. The van der Waals surface area contributed by atoms with Gasteiger partial charge in [-0.3, -0.25) is 4.90 Å². The third kappa shape index (κ3) is 3.14. The minimum Gasteiger partial charge on any atom is -0.370 e. The molecule has 0 bridgehead atoms. The topological polar surface area (TPSA) is 6.48 Å². The Morgan fingerprint density at radius 1 is 1.10 bits per heavy atom. The number of benzene rings is 1. The quantitative estimate of drug-likeness (QED) is 0.771. The van der Waals surface area contributed by atoms with Gasteiger partial charge in [-0.05, 0) is 44.0 Å². The second kappa shape index (κ2) is 5.69. The van der Waals surface area contributed by atoms with Crippen molar-refractivity contribution >= 4 is 17.3 Å². The zero-order valence-corrected chi connectivity index (χ0v) is 12.4. The number of anilines is 1. The number of rotatable bonds is 1. The first-order chi connectivity index (χ1) is 9.95. The highest BCUT2D eigenvalue weighted by atomic mass is 35.5. The van der Waals surface area contributed by atoms with Crippen LogP contribution in [0.2, 0.25) is 5.02 Å². The van der Waals surface area contributed by atoms with Gasteiger partial charge in [0.1, 0.15) is 0 Å². The van der Waals surface area contributed by atoms with E-state index in [-0.39, 0.29) is 5.02 Å². The van der Waals surface area contributed by atoms with Crippen LogP contribution in [0.1, 0.15) is 24.8 Å². The second-order valence-corrected chi connectivity index (χ2v) is 6.20. The van der Waals surface area contributed by atoms with Crippen LogP contribution in [0.25, 0.3) is 0 Å². The lowest BCUT2D eigenvalue weighted by atomic mass is 10.1. The third-order valence-electron chi connectivity index (χ3n) is 4.42. The minimum atomic E-state index is -4.40. The predicted octanol–water partition coefficient (Wildman–Crippen LogP) is 4.03. The molecule has 0 amide bonds. The lowest BCUT2D eigenvalue weighted by Gasteiger charge is -2.28. The summed E-state index contributed by atoms with van der Waals surface area (Å²) in [4.78, 5) is 4.53. The van der Waals surface area contributed by atoms with E-state index in [2.05, 4.69) is 9.80 Å². The van der Waals surface area contributed by atoms with Crippen molar-refractivity contribution in [3.63, 3.8) is 0 Å². The Bertz CT molecular complexity index is 518. The Labute approximate surface area is 127 Å². The lowest BCUT2D eigenvalue weighted by Crippen LogP contribution is -2.36. The van der Waals surface area contributed by atoms with Crippen LogP contribution in [-0.2, 0) is 6.18 Å². The van der Waals surface area contributed by atoms with E-state index in [9.17, 15) is 13.2 Å². The van der Waals surface area contributed by atoms with Crippen LogP contribution in [0, 0.1) is 0 Å². The SMILES string of the molecule is FC(F)(F)c1cc(N2CCCN3CCCC3C2)ccc1Cl. The monoisotopic (exact) mass is 318 g/mol. The molecule has 2 aliphatic rings. The highest BCUT2D eigenvalue weighted by molar-refractivity contribution is 6.31.